The lowest BCUT2D eigenvalue weighted by molar-refractivity contribution is -0.133. The van der Waals surface area contributed by atoms with Gasteiger partial charge in [0.1, 0.15) is 0 Å². The van der Waals surface area contributed by atoms with E-state index in [-0.39, 0.29) is 23.8 Å². The summed E-state index contributed by atoms with van der Waals surface area (Å²) in [7, 11) is 0. The van der Waals surface area contributed by atoms with Gasteiger partial charge in [-0.05, 0) is 66.8 Å². The van der Waals surface area contributed by atoms with Gasteiger partial charge in [0, 0.05) is 42.1 Å². The van der Waals surface area contributed by atoms with E-state index in [4.69, 9.17) is 17.3 Å². The molecular formula is C30H36ClN3O2. The second-order valence-corrected chi connectivity index (χ2v) is 10.2. The molecule has 1 aliphatic rings. The van der Waals surface area contributed by atoms with E-state index in [1.165, 1.54) is 5.56 Å². The van der Waals surface area contributed by atoms with Crippen molar-refractivity contribution in [1.29, 1.82) is 0 Å². The van der Waals surface area contributed by atoms with E-state index in [0.29, 0.717) is 55.4 Å². The maximum atomic E-state index is 13.4. The maximum absolute atomic E-state index is 13.4. The summed E-state index contributed by atoms with van der Waals surface area (Å²) in [6.07, 6.45) is 3.51. The molecule has 1 saturated heterocycles. The van der Waals surface area contributed by atoms with Crippen molar-refractivity contribution in [2.75, 3.05) is 19.6 Å². The lowest BCUT2D eigenvalue weighted by atomic mass is 9.95. The Morgan fingerprint density at radius 3 is 2.58 bits per heavy atom. The number of carbonyl (C=O) groups is 2. The van der Waals surface area contributed by atoms with Gasteiger partial charge in [0.15, 0.2) is 5.78 Å². The van der Waals surface area contributed by atoms with Crippen molar-refractivity contribution < 1.29 is 9.59 Å². The van der Waals surface area contributed by atoms with Gasteiger partial charge in [0.25, 0.3) is 0 Å². The average Bonchev–Trinajstić information content (AvgIpc) is 3.04. The number of nitrogens with two attached hydrogens (primary N) is 1. The van der Waals surface area contributed by atoms with Crippen LogP contribution in [0.25, 0.3) is 10.8 Å². The lowest BCUT2D eigenvalue weighted by Crippen LogP contribution is -2.47. The van der Waals surface area contributed by atoms with Crippen LogP contribution < -0.4 is 11.1 Å². The minimum atomic E-state index is -0.309. The molecule has 0 spiro atoms. The third-order valence-electron chi connectivity index (χ3n) is 7.30. The fraction of sp³-hybridized carbons (Fsp3) is 0.400. The van der Waals surface area contributed by atoms with Gasteiger partial charge >= 0.3 is 0 Å². The molecule has 0 bridgehead atoms. The molecule has 4 rings (SSSR count). The number of rotatable bonds is 10. The van der Waals surface area contributed by atoms with Crippen molar-refractivity contribution in [3.05, 3.63) is 82.9 Å². The highest BCUT2D eigenvalue weighted by Crippen LogP contribution is 2.24. The van der Waals surface area contributed by atoms with Crippen molar-refractivity contribution >= 4 is 34.1 Å². The van der Waals surface area contributed by atoms with Gasteiger partial charge in [-0.1, -0.05) is 67.1 Å². The topological polar surface area (TPSA) is 75.4 Å². The molecule has 1 aliphatic heterocycles. The molecule has 3 aromatic rings. The predicted molar refractivity (Wildman–Crippen MR) is 148 cm³/mol. The van der Waals surface area contributed by atoms with Crippen molar-refractivity contribution in [3.63, 3.8) is 0 Å². The van der Waals surface area contributed by atoms with Gasteiger partial charge in [-0.2, -0.15) is 0 Å². The number of nitrogens with one attached hydrogen (secondary N) is 1. The molecule has 3 aromatic carbocycles. The molecule has 0 saturated carbocycles. The Bertz CT molecular complexity index is 1180. The molecule has 0 aromatic heterocycles. The zero-order valence-electron chi connectivity index (χ0n) is 21.0. The molecule has 0 radical (unpaired) electrons. The van der Waals surface area contributed by atoms with E-state index in [1.54, 1.807) is 0 Å². The molecule has 0 aliphatic carbocycles. The van der Waals surface area contributed by atoms with Crippen LogP contribution in [-0.2, 0) is 4.79 Å². The van der Waals surface area contributed by atoms with Gasteiger partial charge < -0.3 is 16.0 Å². The highest BCUT2D eigenvalue weighted by Gasteiger charge is 2.31. The first-order valence-corrected chi connectivity index (χ1v) is 13.4. The third kappa shape index (κ3) is 6.52. The second-order valence-electron chi connectivity index (χ2n) is 9.75. The number of fused-ring (bicyclic) bond motifs is 1. The van der Waals surface area contributed by atoms with Crippen LogP contribution in [0.15, 0.2) is 66.7 Å². The highest BCUT2D eigenvalue weighted by atomic mass is 35.5. The summed E-state index contributed by atoms with van der Waals surface area (Å²) in [5, 5.41) is 6.25. The van der Waals surface area contributed by atoms with Crippen molar-refractivity contribution in [1.82, 2.24) is 10.2 Å². The van der Waals surface area contributed by atoms with Gasteiger partial charge in [-0.3, -0.25) is 9.59 Å². The molecule has 5 nitrogen and oxygen atoms in total. The maximum Gasteiger partial charge on any atom is 0.239 e. The SMILES string of the molecule is CC[C@H](CN1CC[C@@H](CCC(=O)c2ccc3cc(Cl)ccc3c2)N[C@@H](CCN)C1=O)c1ccccc1. The first kappa shape index (κ1) is 26.3. The number of benzene rings is 3. The standard InChI is InChI=1S/C30H36ClN3O2/c1-2-21(22-6-4-3-5-7-22)20-34-17-15-27(33-28(14-16-32)30(34)36)12-13-29(35)25-9-8-24-19-26(31)11-10-23(24)18-25/h3-11,18-19,21,27-28,33H,2,12-17,20,32H2,1H3/t21-,27-,28+/m1/s1. The molecular weight excluding hydrogens is 470 g/mol. The highest BCUT2D eigenvalue weighted by molar-refractivity contribution is 6.31. The first-order valence-electron chi connectivity index (χ1n) is 13.0. The van der Waals surface area contributed by atoms with Gasteiger partial charge in [-0.25, -0.2) is 0 Å². The number of hydrogen-bond acceptors (Lipinski definition) is 4. The largest absolute Gasteiger partial charge is 0.341 e. The fourth-order valence-corrected chi connectivity index (χ4v) is 5.35. The van der Waals surface area contributed by atoms with Crippen LogP contribution in [0.3, 0.4) is 0 Å². The van der Waals surface area contributed by atoms with E-state index in [1.807, 2.05) is 47.4 Å². The molecule has 1 heterocycles. The van der Waals surface area contributed by atoms with Gasteiger partial charge in [-0.15, -0.1) is 0 Å². The minimum absolute atomic E-state index is 0.0931. The summed E-state index contributed by atoms with van der Waals surface area (Å²) in [6, 6.07) is 21.6. The number of Topliss-reactive ketones (excluding diaryl/α,β-unsaturated/α-hetero) is 1. The zero-order valence-corrected chi connectivity index (χ0v) is 21.7. The van der Waals surface area contributed by atoms with Crippen LogP contribution in [0.5, 0.6) is 0 Å². The minimum Gasteiger partial charge on any atom is -0.341 e. The van der Waals surface area contributed by atoms with Crippen LogP contribution in [0, 0.1) is 0 Å². The lowest BCUT2D eigenvalue weighted by Gasteiger charge is -2.28. The first-order chi connectivity index (χ1) is 17.5. The Kier molecular flexibility index (Phi) is 9.13. The Balaban J connectivity index is 1.41. The van der Waals surface area contributed by atoms with E-state index in [9.17, 15) is 9.59 Å². The fourth-order valence-electron chi connectivity index (χ4n) is 5.16. The van der Waals surface area contributed by atoms with Crippen LogP contribution >= 0.6 is 11.6 Å². The van der Waals surface area contributed by atoms with Crippen LogP contribution in [0.1, 0.15) is 60.9 Å². The zero-order chi connectivity index (χ0) is 25.5. The Morgan fingerprint density at radius 2 is 1.83 bits per heavy atom. The van der Waals surface area contributed by atoms with Crippen LogP contribution in [-0.4, -0.2) is 48.3 Å². The van der Waals surface area contributed by atoms with Crippen LogP contribution in [0.4, 0.5) is 0 Å². The van der Waals surface area contributed by atoms with Crippen molar-refractivity contribution in [3.8, 4) is 0 Å². The number of ketones is 1. The number of amides is 1. The number of carbonyl (C=O) groups excluding carboxylic acids is 2. The molecule has 0 unspecified atom stereocenters. The van der Waals surface area contributed by atoms with Gasteiger partial charge in [0.05, 0.1) is 6.04 Å². The predicted octanol–water partition coefficient (Wildman–Crippen LogP) is 5.56. The molecule has 36 heavy (non-hydrogen) atoms. The Morgan fingerprint density at radius 1 is 1.08 bits per heavy atom. The number of halogens is 1. The van der Waals surface area contributed by atoms with E-state index in [0.717, 1.165) is 23.6 Å². The molecule has 1 fully saturated rings. The monoisotopic (exact) mass is 505 g/mol. The van der Waals surface area contributed by atoms with E-state index < -0.39 is 0 Å². The quantitative estimate of drug-likeness (QED) is 0.354. The molecule has 3 atom stereocenters. The Labute approximate surface area is 219 Å². The van der Waals surface area contributed by atoms with Crippen molar-refractivity contribution in [2.45, 2.75) is 57.0 Å². The molecule has 6 heteroatoms. The molecule has 3 N–H and O–H groups in total. The molecule has 190 valence electrons. The summed E-state index contributed by atoms with van der Waals surface area (Å²) >= 11 is 6.08. The van der Waals surface area contributed by atoms with E-state index in [2.05, 4.69) is 36.5 Å². The summed E-state index contributed by atoms with van der Waals surface area (Å²) in [4.78, 5) is 28.4. The normalized spacial score (nSPS) is 19.3. The molecule has 1 amide bonds. The number of hydrogen-bond donors (Lipinski definition) is 2. The third-order valence-corrected chi connectivity index (χ3v) is 7.53. The van der Waals surface area contributed by atoms with E-state index >= 15 is 0 Å². The summed E-state index contributed by atoms with van der Waals surface area (Å²) < 4.78 is 0. The summed E-state index contributed by atoms with van der Waals surface area (Å²) in [5.41, 5.74) is 7.84. The van der Waals surface area contributed by atoms with Gasteiger partial charge in [0.2, 0.25) is 5.91 Å². The number of nitrogens with zero attached hydrogens (tertiary/aromatic N) is 1. The van der Waals surface area contributed by atoms with Crippen molar-refractivity contribution in [2.24, 2.45) is 5.73 Å². The smallest absolute Gasteiger partial charge is 0.239 e. The summed E-state index contributed by atoms with van der Waals surface area (Å²) in [6.45, 7) is 4.01. The second kappa shape index (κ2) is 12.5. The summed E-state index contributed by atoms with van der Waals surface area (Å²) in [5.74, 6) is 0.540. The Hall–Kier alpha value is -2.73. The van der Waals surface area contributed by atoms with Crippen LogP contribution in [0.2, 0.25) is 5.02 Å². The average molecular weight is 506 g/mol.